The summed E-state index contributed by atoms with van der Waals surface area (Å²) in [6, 6.07) is 8.92. The highest BCUT2D eigenvalue weighted by Crippen LogP contribution is 2.23. The second-order valence-corrected chi connectivity index (χ2v) is 4.36. The molecule has 1 aliphatic heterocycles. The number of hydrogen-bond donors (Lipinski definition) is 1. The summed E-state index contributed by atoms with van der Waals surface area (Å²) in [5.74, 6) is 0.691. The van der Waals surface area contributed by atoms with Crippen LogP contribution in [-0.2, 0) is 6.42 Å². The standard InChI is InChI=1S/C13H20N2/c1-2-11-3-5-13(6-4-11)15-8-7-12(9-14)10-15/h3-6,12H,2,7-10,14H2,1H3/t12-/m0/s1. The number of rotatable bonds is 3. The zero-order valence-corrected chi connectivity index (χ0v) is 9.45. The van der Waals surface area contributed by atoms with Crippen LogP contribution in [0.5, 0.6) is 0 Å². The maximum absolute atomic E-state index is 5.69. The van der Waals surface area contributed by atoms with Crippen LogP contribution in [0.25, 0.3) is 0 Å². The first kappa shape index (κ1) is 10.5. The molecule has 15 heavy (non-hydrogen) atoms. The summed E-state index contributed by atoms with van der Waals surface area (Å²) in [6.07, 6.45) is 2.36. The molecule has 0 amide bonds. The van der Waals surface area contributed by atoms with Gasteiger partial charge < -0.3 is 10.6 Å². The van der Waals surface area contributed by atoms with Crippen molar-refractivity contribution < 1.29 is 0 Å². The molecule has 1 aliphatic rings. The highest BCUT2D eigenvalue weighted by molar-refractivity contribution is 5.48. The smallest absolute Gasteiger partial charge is 0.0366 e. The van der Waals surface area contributed by atoms with Gasteiger partial charge in [-0.1, -0.05) is 19.1 Å². The van der Waals surface area contributed by atoms with E-state index in [0.717, 1.165) is 26.1 Å². The fraction of sp³-hybridized carbons (Fsp3) is 0.538. The molecule has 0 spiro atoms. The van der Waals surface area contributed by atoms with Crippen molar-refractivity contribution in [1.29, 1.82) is 0 Å². The van der Waals surface area contributed by atoms with Gasteiger partial charge in [-0.25, -0.2) is 0 Å². The van der Waals surface area contributed by atoms with E-state index in [-0.39, 0.29) is 0 Å². The van der Waals surface area contributed by atoms with E-state index in [1.165, 1.54) is 17.7 Å². The fourth-order valence-electron chi connectivity index (χ4n) is 2.20. The van der Waals surface area contributed by atoms with Gasteiger partial charge in [0.2, 0.25) is 0 Å². The van der Waals surface area contributed by atoms with Crippen molar-refractivity contribution >= 4 is 5.69 Å². The molecular formula is C13H20N2. The van der Waals surface area contributed by atoms with E-state index in [2.05, 4.69) is 36.1 Å². The van der Waals surface area contributed by atoms with E-state index >= 15 is 0 Å². The lowest BCUT2D eigenvalue weighted by molar-refractivity contribution is 0.602. The van der Waals surface area contributed by atoms with Gasteiger partial charge in [0.05, 0.1) is 0 Å². The third-order valence-corrected chi connectivity index (χ3v) is 3.33. The summed E-state index contributed by atoms with van der Waals surface area (Å²) in [5, 5.41) is 0. The van der Waals surface area contributed by atoms with Gasteiger partial charge in [-0.15, -0.1) is 0 Å². The molecule has 1 atom stereocenters. The number of aryl methyl sites for hydroxylation is 1. The Morgan fingerprint density at radius 1 is 1.33 bits per heavy atom. The first-order valence-electron chi connectivity index (χ1n) is 5.87. The molecule has 1 fully saturated rings. The maximum Gasteiger partial charge on any atom is 0.0366 e. The SMILES string of the molecule is CCc1ccc(N2CC[C@@H](CN)C2)cc1. The van der Waals surface area contributed by atoms with Gasteiger partial charge >= 0.3 is 0 Å². The molecule has 2 nitrogen and oxygen atoms in total. The second-order valence-electron chi connectivity index (χ2n) is 4.36. The minimum absolute atomic E-state index is 0.691. The molecule has 1 aromatic carbocycles. The van der Waals surface area contributed by atoms with Crippen LogP contribution in [0.1, 0.15) is 18.9 Å². The van der Waals surface area contributed by atoms with Crippen LogP contribution in [-0.4, -0.2) is 19.6 Å². The number of benzene rings is 1. The lowest BCUT2D eigenvalue weighted by Crippen LogP contribution is -2.22. The van der Waals surface area contributed by atoms with E-state index in [1.54, 1.807) is 0 Å². The Labute approximate surface area is 92.1 Å². The minimum atomic E-state index is 0.691. The molecule has 82 valence electrons. The van der Waals surface area contributed by atoms with E-state index in [1.807, 2.05) is 0 Å². The largest absolute Gasteiger partial charge is 0.371 e. The molecule has 0 aliphatic carbocycles. The van der Waals surface area contributed by atoms with Crippen LogP contribution in [0, 0.1) is 5.92 Å². The molecular weight excluding hydrogens is 184 g/mol. The number of nitrogens with two attached hydrogens (primary N) is 1. The van der Waals surface area contributed by atoms with Crippen LogP contribution in [0.15, 0.2) is 24.3 Å². The summed E-state index contributed by atoms with van der Waals surface area (Å²) in [7, 11) is 0. The van der Waals surface area contributed by atoms with Gasteiger partial charge in [0.1, 0.15) is 0 Å². The van der Waals surface area contributed by atoms with Crippen molar-refractivity contribution in [1.82, 2.24) is 0 Å². The highest BCUT2D eigenvalue weighted by atomic mass is 15.2. The van der Waals surface area contributed by atoms with Crippen LogP contribution in [0.4, 0.5) is 5.69 Å². The third-order valence-electron chi connectivity index (χ3n) is 3.33. The molecule has 2 heteroatoms. The predicted molar refractivity (Wildman–Crippen MR) is 65.2 cm³/mol. The Kier molecular flexibility index (Phi) is 3.27. The lowest BCUT2D eigenvalue weighted by Gasteiger charge is -2.18. The molecule has 2 N–H and O–H groups in total. The number of hydrogen-bond acceptors (Lipinski definition) is 2. The Balaban J connectivity index is 2.04. The summed E-state index contributed by atoms with van der Waals surface area (Å²) in [4.78, 5) is 2.44. The summed E-state index contributed by atoms with van der Waals surface area (Å²) in [5.41, 5.74) is 8.45. The average Bonchev–Trinajstić information content (AvgIpc) is 2.78. The zero-order chi connectivity index (χ0) is 10.7. The van der Waals surface area contributed by atoms with Crippen LogP contribution in [0.3, 0.4) is 0 Å². The van der Waals surface area contributed by atoms with Crippen molar-refractivity contribution in [3.63, 3.8) is 0 Å². The van der Waals surface area contributed by atoms with E-state index in [0.29, 0.717) is 5.92 Å². The van der Waals surface area contributed by atoms with Crippen molar-refractivity contribution in [2.45, 2.75) is 19.8 Å². The van der Waals surface area contributed by atoms with Gasteiger partial charge in [0.25, 0.3) is 0 Å². The predicted octanol–water partition coefficient (Wildman–Crippen LogP) is 2.03. The van der Waals surface area contributed by atoms with Crippen LogP contribution in [0.2, 0.25) is 0 Å². The Bertz CT molecular complexity index is 305. The van der Waals surface area contributed by atoms with Crippen molar-refractivity contribution in [2.24, 2.45) is 11.7 Å². The Morgan fingerprint density at radius 3 is 2.60 bits per heavy atom. The lowest BCUT2D eigenvalue weighted by atomic mass is 10.1. The monoisotopic (exact) mass is 204 g/mol. The van der Waals surface area contributed by atoms with E-state index in [4.69, 9.17) is 5.73 Å². The second kappa shape index (κ2) is 4.67. The first-order chi connectivity index (χ1) is 7.33. The molecule has 1 aromatic rings. The fourth-order valence-corrected chi connectivity index (χ4v) is 2.20. The van der Waals surface area contributed by atoms with Crippen molar-refractivity contribution in [2.75, 3.05) is 24.5 Å². The summed E-state index contributed by atoms with van der Waals surface area (Å²) >= 11 is 0. The first-order valence-corrected chi connectivity index (χ1v) is 5.87. The maximum atomic E-state index is 5.69. The van der Waals surface area contributed by atoms with Gasteiger partial charge in [-0.3, -0.25) is 0 Å². The molecule has 0 radical (unpaired) electrons. The van der Waals surface area contributed by atoms with Gasteiger partial charge in [-0.05, 0) is 43.0 Å². The molecule has 2 rings (SSSR count). The quantitative estimate of drug-likeness (QED) is 0.816. The molecule has 0 bridgehead atoms. The Morgan fingerprint density at radius 2 is 2.07 bits per heavy atom. The van der Waals surface area contributed by atoms with Crippen molar-refractivity contribution in [3.8, 4) is 0 Å². The summed E-state index contributed by atoms with van der Waals surface area (Å²) < 4.78 is 0. The van der Waals surface area contributed by atoms with E-state index < -0.39 is 0 Å². The van der Waals surface area contributed by atoms with Gasteiger partial charge in [-0.2, -0.15) is 0 Å². The summed E-state index contributed by atoms with van der Waals surface area (Å²) in [6.45, 7) is 5.30. The van der Waals surface area contributed by atoms with E-state index in [9.17, 15) is 0 Å². The van der Waals surface area contributed by atoms with Crippen molar-refractivity contribution in [3.05, 3.63) is 29.8 Å². The zero-order valence-electron chi connectivity index (χ0n) is 9.45. The molecule has 1 heterocycles. The van der Waals surface area contributed by atoms with Crippen LogP contribution < -0.4 is 10.6 Å². The highest BCUT2D eigenvalue weighted by Gasteiger charge is 2.20. The Hall–Kier alpha value is -1.02. The third kappa shape index (κ3) is 2.32. The normalized spacial score (nSPS) is 20.9. The molecule has 0 saturated carbocycles. The minimum Gasteiger partial charge on any atom is -0.371 e. The van der Waals surface area contributed by atoms with Gasteiger partial charge in [0.15, 0.2) is 0 Å². The van der Waals surface area contributed by atoms with Gasteiger partial charge in [0, 0.05) is 18.8 Å². The van der Waals surface area contributed by atoms with Crippen LogP contribution >= 0.6 is 0 Å². The topological polar surface area (TPSA) is 29.3 Å². The molecule has 0 unspecified atom stereocenters. The molecule has 0 aromatic heterocycles. The number of nitrogens with zero attached hydrogens (tertiary/aromatic N) is 1. The molecule has 1 saturated heterocycles. The number of anilines is 1. The average molecular weight is 204 g/mol.